The van der Waals surface area contributed by atoms with E-state index in [0.29, 0.717) is 23.0 Å². The van der Waals surface area contributed by atoms with E-state index in [1.54, 1.807) is 30.1 Å². The molecule has 2 aromatic rings. The van der Waals surface area contributed by atoms with Crippen molar-refractivity contribution >= 4 is 29.1 Å². The zero-order valence-corrected chi connectivity index (χ0v) is 19.3. The number of carbonyl (C=O) groups excluding carboxylic acids is 3. The number of nitrogens with one attached hydrogen (secondary N) is 1. The summed E-state index contributed by atoms with van der Waals surface area (Å²) in [5.41, 5.74) is 3.31. The van der Waals surface area contributed by atoms with Crippen molar-refractivity contribution in [2.24, 2.45) is 0 Å². The van der Waals surface area contributed by atoms with E-state index in [4.69, 9.17) is 4.74 Å². The maximum Gasteiger partial charge on any atom is 0.260 e. The fraction of sp³-hybridized carbons (Fsp3) is 0.400. The summed E-state index contributed by atoms with van der Waals surface area (Å²) in [6.45, 7) is 7.70. The molecule has 1 N–H and O–H groups in total. The minimum absolute atomic E-state index is 0.111. The highest BCUT2D eigenvalue weighted by molar-refractivity contribution is 6.05. The van der Waals surface area contributed by atoms with Crippen molar-refractivity contribution in [2.75, 3.05) is 30.4 Å². The molecule has 0 saturated heterocycles. The van der Waals surface area contributed by atoms with Crippen LogP contribution in [0.5, 0.6) is 5.75 Å². The van der Waals surface area contributed by atoms with E-state index in [1.807, 2.05) is 32.0 Å². The van der Waals surface area contributed by atoms with Crippen LogP contribution in [-0.4, -0.2) is 48.9 Å². The Morgan fingerprint density at radius 3 is 2.66 bits per heavy atom. The topological polar surface area (TPSA) is 79.0 Å². The van der Waals surface area contributed by atoms with Crippen LogP contribution in [0.3, 0.4) is 0 Å². The van der Waals surface area contributed by atoms with E-state index in [9.17, 15) is 14.4 Å². The van der Waals surface area contributed by atoms with E-state index in [1.165, 1.54) is 4.90 Å². The highest BCUT2D eigenvalue weighted by atomic mass is 16.5. The van der Waals surface area contributed by atoms with Crippen molar-refractivity contribution in [3.05, 3.63) is 53.6 Å². The number of para-hydroxylation sites is 2. The van der Waals surface area contributed by atoms with Gasteiger partial charge in [0, 0.05) is 19.5 Å². The first-order valence-corrected chi connectivity index (χ1v) is 10.9. The molecule has 2 aromatic carbocycles. The van der Waals surface area contributed by atoms with E-state index in [-0.39, 0.29) is 43.3 Å². The van der Waals surface area contributed by atoms with Gasteiger partial charge in [0.15, 0.2) is 6.61 Å². The van der Waals surface area contributed by atoms with Crippen molar-refractivity contribution < 1.29 is 19.1 Å². The van der Waals surface area contributed by atoms with Gasteiger partial charge >= 0.3 is 0 Å². The van der Waals surface area contributed by atoms with Crippen LogP contribution in [-0.2, 0) is 14.4 Å². The van der Waals surface area contributed by atoms with Crippen LogP contribution in [0.2, 0.25) is 0 Å². The Morgan fingerprint density at radius 2 is 1.94 bits per heavy atom. The Hall–Kier alpha value is -3.35. The fourth-order valence-corrected chi connectivity index (χ4v) is 3.72. The number of aryl methyl sites for hydroxylation is 1. The predicted molar refractivity (Wildman–Crippen MR) is 125 cm³/mol. The highest BCUT2D eigenvalue weighted by Crippen LogP contribution is 2.31. The summed E-state index contributed by atoms with van der Waals surface area (Å²) in [5, 5.41) is 2.84. The zero-order chi connectivity index (χ0) is 23.4. The van der Waals surface area contributed by atoms with Crippen LogP contribution < -0.4 is 15.0 Å². The molecule has 170 valence electrons. The minimum Gasteiger partial charge on any atom is -0.483 e. The zero-order valence-electron chi connectivity index (χ0n) is 19.3. The number of hydrogen-bond acceptors (Lipinski definition) is 4. The van der Waals surface area contributed by atoms with Crippen LogP contribution in [0.1, 0.15) is 44.2 Å². The average molecular weight is 438 g/mol. The van der Waals surface area contributed by atoms with Gasteiger partial charge in [0.05, 0.1) is 17.9 Å². The Balaban J connectivity index is 1.67. The first-order valence-electron chi connectivity index (χ1n) is 10.9. The number of likely N-dealkylation sites (N-methyl/N-ethyl adjacent to an activating group) is 1. The van der Waals surface area contributed by atoms with Crippen LogP contribution in [0, 0.1) is 6.92 Å². The normalized spacial score (nSPS) is 15.6. The van der Waals surface area contributed by atoms with Gasteiger partial charge in [-0.15, -0.1) is 0 Å². The summed E-state index contributed by atoms with van der Waals surface area (Å²) in [5.74, 6) is 0.336. The third-order valence-corrected chi connectivity index (χ3v) is 5.66. The van der Waals surface area contributed by atoms with Gasteiger partial charge in [-0.3, -0.25) is 14.4 Å². The standard InChI is InChI=1S/C25H31N3O4/c1-16(2)19-11-10-17(3)22(13-19)32-15-25(31)27(5)14-24(30)28-18(4)12-23(29)26-20-8-6-7-9-21(20)28/h6-11,13,16,18H,12,14-15H2,1-5H3,(H,26,29)/t18-/m0/s1. The lowest BCUT2D eigenvalue weighted by Gasteiger charge is -2.29. The molecule has 1 aliphatic heterocycles. The Kier molecular flexibility index (Phi) is 7.18. The minimum atomic E-state index is -0.327. The number of benzene rings is 2. The molecule has 0 aromatic heterocycles. The number of rotatable bonds is 6. The third-order valence-electron chi connectivity index (χ3n) is 5.66. The van der Waals surface area contributed by atoms with Gasteiger partial charge in [-0.25, -0.2) is 0 Å². The molecule has 0 aliphatic carbocycles. The molecule has 0 unspecified atom stereocenters. The molecule has 7 nitrogen and oxygen atoms in total. The number of amides is 3. The third kappa shape index (κ3) is 5.28. The van der Waals surface area contributed by atoms with Crippen molar-refractivity contribution in [3.63, 3.8) is 0 Å². The van der Waals surface area contributed by atoms with Crippen LogP contribution >= 0.6 is 0 Å². The molecule has 0 fully saturated rings. The van der Waals surface area contributed by atoms with Gasteiger partial charge in [-0.2, -0.15) is 0 Å². The molecule has 0 radical (unpaired) electrons. The van der Waals surface area contributed by atoms with Crippen LogP contribution in [0.25, 0.3) is 0 Å². The van der Waals surface area contributed by atoms with Gasteiger partial charge < -0.3 is 19.9 Å². The summed E-state index contributed by atoms with van der Waals surface area (Å²) in [6, 6.07) is 12.9. The molecule has 7 heteroatoms. The van der Waals surface area contributed by atoms with E-state index in [0.717, 1.165) is 11.1 Å². The second-order valence-corrected chi connectivity index (χ2v) is 8.60. The highest BCUT2D eigenvalue weighted by Gasteiger charge is 2.30. The second-order valence-electron chi connectivity index (χ2n) is 8.60. The summed E-state index contributed by atoms with van der Waals surface area (Å²) in [4.78, 5) is 40.9. The number of fused-ring (bicyclic) bond motifs is 1. The smallest absolute Gasteiger partial charge is 0.260 e. The molecule has 0 saturated carbocycles. The van der Waals surface area contributed by atoms with Crippen molar-refractivity contribution in [2.45, 2.75) is 46.1 Å². The Morgan fingerprint density at radius 1 is 1.22 bits per heavy atom. The lowest BCUT2D eigenvalue weighted by atomic mass is 10.0. The summed E-state index contributed by atoms with van der Waals surface area (Å²) in [6.07, 6.45) is 0.187. The summed E-state index contributed by atoms with van der Waals surface area (Å²) in [7, 11) is 1.58. The first-order chi connectivity index (χ1) is 15.2. The molecule has 3 amide bonds. The first kappa shape index (κ1) is 23.3. The van der Waals surface area contributed by atoms with Gasteiger partial charge in [0.2, 0.25) is 11.8 Å². The molecule has 1 atom stereocenters. The molecule has 32 heavy (non-hydrogen) atoms. The van der Waals surface area contributed by atoms with Gasteiger partial charge in [-0.1, -0.05) is 38.1 Å². The maximum atomic E-state index is 13.1. The Labute approximate surface area is 189 Å². The average Bonchev–Trinajstić information content (AvgIpc) is 2.86. The number of carbonyl (C=O) groups is 3. The molecular formula is C25H31N3O4. The molecule has 1 aliphatic rings. The molecule has 0 bridgehead atoms. The van der Waals surface area contributed by atoms with Crippen molar-refractivity contribution in [1.82, 2.24) is 4.90 Å². The quantitative estimate of drug-likeness (QED) is 0.747. The van der Waals surface area contributed by atoms with Gasteiger partial charge in [0.25, 0.3) is 5.91 Å². The summed E-state index contributed by atoms with van der Waals surface area (Å²) < 4.78 is 5.78. The number of ether oxygens (including phenoxy) is 1. The van der Waals surface area contributed by atoms with Crippen molar-refractivity contribution in [1.29, 1.82) is 0 Å². The number of nitrogens with zero attached hydrogens (tertiary/aromatic N) is 2. The lowest BCUT2D eigenvalue weighted by Crippen LogP contribution is -2.46. The monoisotopic (exact) mass is 437 g/mol. The van der Waals surface area contributed by atoms with E-state index >= 15 is 0 Å². The molecule has 1 heterocycles. The van der Waals surface area contributed by atoms with E-state index < -0.39 is 0 Å². The second kappa shape index (κ2) is 9.85. The van der Waals surface area contributed by atoms with Gasteiger partial charge in [0.1, 0.15) is 5.75 Å². The maximum absolute atomic E-state index is 13.1. The van der Waals surface area contributed by atoms with Crippen LogP contribution in [0.15, 0.2) is 42.5 Å². The number of anilines is 2. The predicted octanol–water partition coefficient (Wildman–Crippen LogP) is 3.72. The summed E-state index contributed by atoms with van der Waals surface area (Å²) >= 11 is 0. The SMILES string of the molecule is Cc1ccc(C(C)C)cc1OCC(=O)N(C)CC(=O)N1c2ccccc2NC(=O)C[C@@H]1C. The van der Waals surface area contributed by atoms with E-state index in [2.05, 4.69) is 25.2 Å². The largest absolute Gasteiger partial charge is 0.483 e. The number of hydrogen-bond donors (Lipinski definition) is 1. The fourth-order valence-electron chi connectivity index (χ4n) is 3.72. The molecular weight excluding hydrogens is 406 g/mol. The lowest BCUT2D eigenvalue weighted by molar-refractivity contribution is -0.135. The van der Waals surface area contributed by atoms with Crippen molar-refractivity contribution in [3.8, 4) is 5.75 Å². The van der Waals surface area contributed by atoms with Gasteiger partial charge in [-0.05, 0) is 49.1 Å². The molecule has 0 spiro atoms. The molecule has 3 rings (SSSR count). The van der Waals surface area contributed by atoms with Crippen LogP contribution in [0.4, 0.5) is 11.4 Å². The Bertz CT molecular complexity index is 1020.